The van der Waals surface area contributed by atoms with E-state index in [0.29, 0.717) is 0 Å². The largest absolute Gasteiger partial charge is 0.504 e. The molecule has 0 fully saturated rings. The van der Waals surface area contributed by atoms with Gasteiger partial charge in [-0.3, -0.25) is 0 Å². The average Bonchev–Trinajstić information content (AvgIpc) is 2.60. The summed E-state index contributed by atoms with van der Waals surface area (Å²) in [5, 5.41) is 0. The van der Waals surface area contributed by atoms with Crippen LogP contribution in [0.4, 0.5) is 0 Å². The number of methoxy groups -OCH3 is 1. The van der Waals surface area contributed by atoms with Gasteiger partial charge in [0.1, 0.15) is 0 Å². The third kappa shape index (κ3) is 21.3. The lowest BCUT2D eigenvalue weighted by Crippen LogP contribution is -1.83. The van der Waals surface area contributed by atoms with E-state index in [2.05, 4.69) is 19.1 Å². The Balaban J connectivity index is 3.02. The zero-order chi connectivity index (χ0) is 17.6. The van der Waals surface area contributed by atoms with Gasteiger partial charge in [-0.25, -0.2) is 0 Å². The number of rotatable bonds is 19. The van der Waals surface area contributed by atoms with Crippen molar-refractivity contribution in [1.82, 2.24) is 0 Å². The Morgan fingerprint density at radius 2 is 0.958 bits per heavy atom. The minimum Gasteiger partial charge on any atom is -0.504 e. The van der Waals surface area contributed by atoms with Crippen molar-refractivity contribution in [3.63, 3.8) is 0 Å². The van der Waals surface area contributed by atoms with Gasteiger partial charge in [0, 0.05) is 0 Å². The van der Waals surface area contributed by atoms with E-state index in [9.17, 15) is 0 Å². The predicted octanol–water partition coefficient (Wildman–Crippen LogP) is 8.35. The Morgan fingerprint density at radius 3 is 1.38 bits per heavy atom. The van der Waals surface area contributed by atoms with Crippen LogP contribution >= 0.6 is 0 Å². The summed E-state index contributed by atoms with van der Waals surface area (Å²) in [6.07, 6.45) is 32.2. The fourth-order valence-corrected chi connectivity index (χ4v) is 3.11. The molecular weight excluding hydrogens is 292 g/mol. The maximum atomic E-state index is 4.85. The number of hydrogen-bond acceptors (Lipinski definition) is 1. The highest BCUT2D eigenvalue weighted by atomic mass is 16.5. The summed E-state index contributed by atoms with van der Waals surface area (Å²) in [5.41, 5.74) is 0. The number of allylic oxidation sites excluding steroid dienone is 3. The van der Waals surface area contributed by atoms with Crippen molar-refractivity contribution in [2.45, 2.75) is 116 Å². The Kier molecular flexibility index (Phi) is 21.6. The highest BCUT2D eigenvalue weighted by molar-refractivity contribution is 4.99. The van der Waals surface area contributed by atoms with Crippen LogP contribution in [-0.2, 0) is 4.74 Å². The molecule has 0 saturated heterocycles. The van der Waals surface area contributed by atoms with Crippen molar-refractivity contribution in [1.29, 1.82) is 0 Å². The summed E-state index contributed by atoms with van der Waals surface area (Å²) < 4.78 is 4.85. The van der Waals surface area contributed by atoms with Crippen molar-refractivity contribution < 1.29 is 4.74 Å². The number of ether oxygens (including phenoxy) is 1. The van der Waals surface area contributed by atoms with Crippen molar-refractivity contribution in [2.75, 3.05) is 7.11 Å². The molecule has 0 aliphatic carbocycles. The minimum absolute atomic E-state index is 1.20. The van der Waals surface area contributed by atoms with E-state index in [1.165, 1.54) is 109 Å². The second-order valence-electron chi connectivity index (χ2n) is 7.08. The first-order valence-electron chi connectivity index (χ1n) is 10.8. The van der Waals surface area contributed by atoms with Crippen LogP contribution in [0.2, 0.25) is 0 Å². The lowest BCUT2D eigenvalue weighted by Gasteiger charge is -2.03. The molecule has 0 heterocycles. The molecule has 0 spiro atoms. The Labute approximate surface area is 153 Å². The van der Waals surface area contributed by atoms with Crippen molar-refractivity contribution in [3.05, 3.63) is 24.5 Å². The zero-order valence-electron chi connectivity index (χ0n) is 16.7. The lowest BCUT2D eigenvalue weighted by molar-refractivity contribution is 0.338. The molecule has 0 amide bonds. The molecule has 1 heteroatoms. The molecule has 0 radical (unpaired) electrons. The first-order chi connectivity index (χ1) is 11.9. The molecule has 0 aromatic carbocycles. The van der Waals surface area contributed by atoms with Crippen LogP contribution in [-0.4, -0.2) is 7.11 Å². The molecule has 142 valence electrons. The first-order valence-corrected chi connectivity index (χ1v) is 10.8. The van der Waals surface area contributed by atoms with Gasteiger partial charge in [-0.1, -0.05) is 115 Å². The molecule has 0 saturated carbocycles. The molecule has 0 atom stereocenters. The lowest BCUT2D eigenvalue weighted by atomic mass is 10.0. The SMILES string of the molecule is CCCCCCCCCCCCCCCCCC/C=C/C=C/OC. The van der Waals surface area contributed by atoms with Crippen LogP contribution in [0.3, 0.4) is 0 Å². The molecular formula is C23H44O. The monoisotopic (exact) mass is 336 g/mol. The van der Waals surface area contributed by atoms with Crippen molar-refractivity contribution >= 4 is 0 Å². The van der Waals surface area contributed by atoms with Crippen LogP contribution in [0.15, 0.2) is 24.5 Å². The Morgan fingerprint density at radius 1 is 0.542 bits per heavy atom. The summed E-state index contributed by atoms with van der Waals surface area (Å²) in [6, 6.07) is 0. The smallest absolute Gasteiger partial charge is 0.0824 e. The highest BCUT2D eigenvalue weighted by Crippen LogP contribution is 2.14. The van der Waals surface area contributed by atoms with E-state index in [0.717, 1.165) is 0 Å². The van der Waals surface area contributed by atoms with Gasteiger partial charge in [0.25, 0.3) is 0 Å². The number of hydrogen-bond donors (Lipinski definition) is 0. The van der Waals surface area contributed by atoms with Gasteiger partial charge in [0.05, 0.1) is 13.4 Å². The quantitative estimate of drug-likeness (QED) is 0.131. The summed E-state index contributed by atoms with van der Waals surface area (Å²) in [6.45, 7) is 2.29. The van der Waals surface area contributed by atoms with Gasteiger partial charge >= 0.3 is 0 Å². The third-order valence-electron chi connectivity index (χ3n) is 4.69. The number of unbranched alkanes of at least 4 members (excludes halogenated alkanes) is 16. The second kappa shape index (κ2) is 22.3. The topological polar surface area (TPSA) is 9.23 Å². The van der Waals surface area contributed by atoms with E-state index in [4.69, 9.17) is 4.74 Å². The molecule has 0 aliphatic rings. The van der Waals surface area contributed by atoms with Crippen LogP contribution in [0, 0.1) is 0 Å². The summed E-state index contributed by atoms with van der Waals surface area (Å²) >= 11 is 0. The maximum Gasteiger partial charge on any atom is 0.0824 e. The van der Waals surface area contributed by atoms with Crippen molar-refractivity contribution in [2.24, 2.45) is 0 Å². The molecule has 0 unspecified atom stereocenters. The van der Waals surface area contributed by atoms with E-state index in [1.54, 1.807) is 13.4 Å². The fraction of sp³-hybridized carbons (Fsp3) is 0.826. The third-order valence-corrected chi connectivity index (χ3v) is 4.69. The van der Waals surface area contributed by atoms with E-state index in [-0.39, 0.29) is 0 Å². The van der Waals surface area contributed by atoms with E-state index >= 15 is 0 Å². The van der Waals surface area contributed by atoms with Gasteiger partial charge in [-0.2, -0.15) is 0 Å². The average molecular weight is 337 g/mol. The molecule has 0 aromatic heterocycles. The second-order valence-corrected chi connectivity index (χ2v) is 7.08. The first kappa shape index (κ1) is 23.3. The molecule has 0 N–H and O–H groups in total. The van der Waals surface area contributed by atoms with E-state index in [1.807, 2.05) is 6.08 Å². The van der Waals surface area contributed by atoms with Gasteiger partial charge in [0.2, 0.25) is 0 Å². The Hall–Kier alpha value is -0.720. The molecule has 1 nitrogen and oxygen atoms in total. The molecule has 0 bridgehead atoms. The fourth-order valence-electron chi connectivity index (χ4n) is 3.11. The van der Waals surface area contributed by atoms with Gasteiger partial charge in [0.15, 0.2) is 0 Å². The van der Waals surface area contributed by atoms with E-state index < -0.39 is 0 Å². The summed E-state index contributed by atoms with van der Waals surface area (Å²) in [5.74, 6) is 0. The Bertz CT molecular complexity index is 267. The van der Waals surface area contributed by atoms with Crippen molar-refractivity contribution in [3.8, 4) is 0 Å². The van der Waals surface area contributed by atoms with Crippen LogP contribution in [0.25, 0.3) is 0 Å². The van der Waals surface area contributed by atoms with Gasteiger partial charge in [-0.05, 0) is 18.9 Å². The van der Waals surface area contributed by atoms with Gasteiger partial charge in [-0.15, -0.1) is 0 Å². The molecule has 0 aliphatic heterocycles. The van der Waals surface area contributed by atoms with Crippen LogP contribution < -0.4 is 0 Å². The molecule has 0 rings (SSSR count). The minimum atomic E-state index is 1.20. The normalized spacial score (nSPS) is 11.8. The molecule has 0 aromatic rings. The van der Waals surface area contributed by atoms with Gasteiger partial charge < -0.3 is 4.74 Å². The standard InChI is InChI=1S/C23H44O/c1-3-4-5-6-7-8-9-10-11-12-13-14-15-16-17-18-19-20-21-22-23-24-2/h20-23H,3-19H2,1-2H3/b21-20+,23-22+. The summed E-state index contributed by atoms with van der Waals surface area (Å²) in [4.78, 5) is 0. The zero-order valence-corrected chi connectivity index (χ0v) is 16.7. The maximum absolute atomic E-state index is 4.85. The highest BCUT2D eigenvalue weighted by Gasteiger charge is 1.94. The molecule has 24 heavy (non-hydrogen) atoms. The van der Waals surface area contributed by atoms with Crippen LogP contribution in [0.5, 0.6) is 0 Å². The summed E-state index contributed by atoms with van der Waals surface area (Å²) in [7, 11) is 1.68. The van der Waals surface area contributed by atoms with Crippen LogP contribution in [0.1, 0.15) is 116 Å². The predicted molar refractivity (Wildman–Crippen MR) is 109 cm³/mol.